The first-order valence-corrected chi connectivity index (χ1v) is 4.91. The minimum Gasteiger partial charge on any atom is -0.380 e. The van der Waals surface area contributed by atoms with Gasteiger partial charge in [0.15, 0.2) is 0 Å². The fourth-order valence-electron chi connectivity index (χ4n) is 1.73. The molecule has 0 bridgehead atoms. The van der Waals surface area contributed by atoms with Gasteiger partial charge in [0.05, 0.1) is 5.70 Å². The monoisotopic (exact) mass is 239 g/mol. The zero-order valence-corrected chi connectivity index (χ0v) is 9.54. The Kier molecular flexibility index (Phi) is 4.31. The summed E-state index contributed by atoms with van der Waals surface area (Å²) in [6, 6.07) is 3.99. The number of hydrogen-bond donors (Lipinski definition) is 2. The van der Waals surface area contributed by atoms with E-state index < -0.39 is 0 Å². The number of nitrogens with one attached hydrogen (secondary N) is 1. The number of primary amides is 1. The predicted octanol–water partition coefficient (Wildman–Crippen LogP) is 0.949. The van der Waals surface area contributed by atoms with Gasteiger partial charge in [0.1, 0.15) is 0 Å². The summed E-state index contributed by atoms with van der Waals surface area (Å²) >= 11 is 0. The fourth-order valence-corrected chi connectivity index (χ4v) is 1.73. The third-order valence-corrected chi connectivity index (χ3v) is 2.59. The van der Waals surface area contributed by atoms with Crippen molar-refractivity contribution >= 4 is 18.3 Å². The Bertz CT molecular complexity index is 391. The van der Waals surface area contributed by atoms with E-state index in [2.05, 4.69) is 10.3 Å². The van der Waals surface area contributed by atoms with Gasteiger partial charge < -0.3 is 11.1 Å². The van der Waals surface area contributed by atoms with Crippen LogP contribution in [0.4, 0.5) is 0 Å². The highest BCUT2D eigenvalue weighted by Gasteiger charge is 2.17. The molecule has 1 aromatic heterocycles. The maximum atomic E-state index is 10.9. The van der Waals surface area contributed by atoms with E-state index in [9.17, 15) is 4.79 Å². The third kappa shape index (κ3) is 2.73. The largest absolute Gasteiger partial charge is 0.380 e. The molecule has 2 rings (SSSR count). The van der Waals surface area contributed by atoms with E-state index in [-0.39, 0.29) is 18.3 Å². The van der Waals surface area contributed by atoms with Crippen molar-refractivity contribution in [1.29, 1.82) is 0 Å². The molecule has 0 radical (unpaired) electrons. The van der Waals surface area contributed by atoms with E-state index >= 15 is 0 Å². The smallest absolute Gasteiger partial charge is 0.264 e. The zero-order chi connectivity index (χ0) is 10.7. The van der Waals surface area contributed by atoms with Crippen molar-refractivity contribution in [2.75, 3.05) is 6.54 Å². The van der Waals surface area contributed by atoms with Crippen molar-refractivity contribution in [3.8, 4) is 0 Å². The molecular weight excluding hydrogens is 226 g/mol. The Morgan fingerprint density at radius 2 is 2.12 bits per heavy atom. The molecule has 1 aromatic rings. The van der Waals surface area contributed by atoms with Crippen LogP contribution in [0.3, 0.4) is 0 Å². The van der Waals surface area contributed by atoms with Crippen LogP contribution in [0.15, 0.2) is 36.3 Å². The minimum absolute atomic E-state index is 0. The van der Waals surface area contributed by atoms with E-state index in [1.807, 2.05) is 18.2 Å². The van der Waals surface area contributed by atoms with Gasteiger partial charge in [-0.2, -0.15) is 0 Å². The first-order valence-electron chi connectivity index (χ1n) is 4.91. The van der Waals surface area contributed by atoms with Crippen LogP contribution in [0.1, 0.15) is 17.9 Å². The van der Waals surface area contributed by atoms with Crippen LogP contribution in [-0.4, -0.2) is 17.4 Å². The van der Waals surface area contributed by atoms with Gasteiger partial charge >= 0.3 is 0 Å². The lowest BCUT2D eigenvalue weighted by molar-refractivity contribution is -0.115. The number of allylic oxidation sites excluding steroid dienone is 1. The molecule has 16 heavy (non-hydrogen) atoms. The highest BCUT2D eigenvalue weighted by atomic mass is 35.5. The number of halogens is 1. The molecule has 86 valence electrons. The van der Waals surface area contributed by atoms with E-state index in [1.54, 1.807) is 12.4 Å². The van der Waals surface area contributed by atoms with Crippen molar-refractivity contribution in [2.24, 2.45) is 5.73 Å². The molecule has 0 aliphatic carbocycles. The number of amides is 1. The van der Waals surface area contributed by atoms with Gasteiger partial charge in [-0.25, -0.2) is 0 Å². The van der Waals surface area contributed by atoms with Crippen molar-refractivity contribution in [3.05, 3.63) is 41.9 Å². The fraction of sp³-hybridized carbons (Fsp3) is 0.273. The van der Waals surface area contributed by atoms with Gasteiger partial charge in [-0.05, 0) is 24.1 Å². The normalized spacial score (nSPS) is 19.0. The van der Waals surface area contributed by atoms with E-state index in [1.165, 1.54) is 5.56 Å². The van der Waals surface area contributed by atoms with E-state index in [0.29, 0.717) is 11.6 Å². The average Bonchev–Trinajstić information content (AvgIpc) is 2.30. The van der Waals surface area contributed by atoms with E-state index in [0.717, 1.165) is 13.0 Å². The molecule has 5 heteroatoms. The number of hydrogen-bond acceptors (Lipinski definition) is 3. The summed E-state index contributed by atoms with van der Waals surface area (Å²) in [6.45, 7) is 0.749. The Hall–Kier alpha value is -1.55. The Morgan fingerprint density at radius 1 is 1.44 bits per heavy atom. The second-order valence-corrected chi connectivity index (χ2v) is 3.58. The van der Waals surface area contributed by atoms with Crippen LogP contribution >= 0.6 is 12.4 Å². The summed E-state index contributed by atoms with van der Waals surface area (Å²) in [6.07, 6.45) is 6.26. The first kappa shape index (κ1) is 12.5. The van der Waals surface area contributed by atoms with Crippen LogP contribution in [-0.2, 0) is 4.79 Å². The number of carbonyl (C=O) groups excluding carboxylic acids is 1. The zero-order valence-electron chi connectivity index (χ0n) is 8.72. The molecule has 1 unspecified atom stereocenters. The van der Waals surface area contributed by atoms with Crippen LogP contribution < -0.4 is 11.1 Å². The molecular formula is C11H14ClN3O. The molecule has 4 nitrogen and oxygen atoms in total. The highest BCUT2D eigenvalue weighted by molar-refractivity contribution is 5.91. The number of carbonyl (C=O) groups is 1. The highest BCUT2D eigenvalue weighted by Crippen LogP contribution is 2.22. The van der Waals surface area contributed by atoms with Crippen molar-refractivity contribution in [3.63, 3.8) is 0 Å². The Labute approximate surface area is 100 Å². The molecule has 0 saturated heterocycles. The Morgan fingerprint density at radius 3 is 2.62 bits per heavy atom. The Balaban J connectivity index is 0.00000128. The van der Waals surface area contributed by atoms with Crippen molar-refractivity contribution in [1.82, 2.24) is 10.3 Å². The molecule has 2 heterocycles. The summed E-state index contributed by atoms with van der Waals surface area (Å²) in [4.78, 5) is 14.9. The first-order chi connectivity index (χ1) is 7.27. The third-order valence-electron chi connectivity index (χ3n) is 2.59. The second kappa shape index (κ2) is 5.51. The summed E-state index contributed by atoms with van der Waals surface area (Å²) < 4.78 is 0. The standard InChI is InChI=1S/C11H13N3O.ClH/c12-11(15)10-2-1-9(7-14-10)8-3-5-13-6-4-8;/h2-6,9,14H,1,7H2,(H2,12,15);1H. The van der Waals surface area contributed by atoms with Gasteiger partial charge in [-0.1, -0.05) is 6.08 Å². The molecule has 0 saturated carbocycles. The molecule has 0 spiro atoms. The number of nitrogens with two attached hydrogens (primary N) is 1. The lowest BCUT2D eigenvalue weighted by Gasteiger charge is -2.22. The topological polar surface area (TPSA) is 68.0 Å². The van der Waals surface area contributed by atoms with Gasteiger partial charge in [-0.15, -0.1) is 12.4 Å². The summed E-state index contributed by atoms with van der Waals surface area (Å²) in [7, 11) is 0. The number of rotatable bonds is 2. The molecule has 1 aliphatic rings. The predicted molar refractivity (Wildman–Crippen MR) is 64.1 cm³/mol. The molecule has 0 aromatic carbocycles. The lowest BCUT2D eigenvalue weighted by Crippen LogP contribution is -2.32. The maximum Gasteiger partial charge on any atom is 0.264 e. The molecule has 1 atom stereocenters. The van der Waals surface area contributed by atoms with Crippen LogP contribution in [0.2, 0.25) is 0 Å². The van der Waals surface area contributed by atoms with Gasteiger partial charge in [0, 0.05) is 24.9 Å². The van der Waals surface area contributed by atoms with Gasteiger partial charge in [0.2, 0.25) is 0 Å². The SMILES string of the molecule is Cl.NC(=O)C1=CCC(c2ccncc2)CN1. The number of pyridine rings is 1. The van der Waals surface area contributed by atoms with Crippen molar-refractivity contribution < 1.29 is 4.79 Å². The number of nitrogens with zero attached hydrogens (tertiary/aromatic N) is 1. The van der Waals surface area contributed by atoms with Crippen LogP contribution in [0, 0.1) is 0 Å². The second-order valence-electron chi connectivity index (χ2n) is 3.58. The molecule has 1 amide bonds. The quantitative estimate of drug-likeness (QED) is 0.808. The summed E-state index contributed by atoms with van der Waals surface area (Å²) in [5, 5.41) is 3.03. The summed E-state index contributed by atoms with van der Waals surface area (Å²) in [5.41, 5.74) is 6.93. The molecule has 0 fully saturated rings. The minimum atomic E-state index is -0.386. The van der Waals surface area contributed by atoms with Crippen LogP contribution in [0.25, 0.3) is 0 Å². The molecule has 1 aliphatic heterocycles. The van der Waals surface area contributed by atoms with Gasteiger partial charge in [-0.3, -0.25) is 9.78 Å². The molecule has 3 N–H and O–H groups in total. The van der Waals surface area contributed by atoms with Crippen molar-refractivity contribution in [2.45, 2.75) is 12.3 Å². The van der Waals surface area contributed by atoms with Gasteiger partial charge in [0.25, 0.3) is 5.91 Å². The average molecular weight is 240 g/mol. The van der Waals surface area contributed by atoms with E-state index in [4.69, 9.17) is 5.73 Å². The lowest BCUT2D eigenvalue weighted by atomic mass is 9.93. The van der Waals surface area contributed by atoms with Crippen LogP contribution in [0.5, 0.6) is 0 Å². The summed E-state index contributed by atoms with van der Waals surface area (Å²) in [5.74, 6) is 0.0132. The number of aromatic nitrogens is 1. The maximum absolute atomic E-state index is 10.9.